The first kappa shape index (κ1) is 20.8. The van der Waals surface area contributed by atoms with Crippen molar-refractivity contribution < 1.29 is 13.2 Å². The van der Waals surface area contributed by atoms with Crippen LogP contribution >= 0.6 is 11.3 Å². The van der Waals surface area contributed by atoms with Gasteiger partial charge in [-0.2, -0.15) is 4.31 Å². The van der Waals surface area contributed by atoms with E-state index in [1.165, 1.54) is 30.6 Å². The quantitative estimate of drug-likeness (QED) is 0.745. The summed E-state index contributed by atoms with van der Waals surface area (Å²) in [6.07, 6.45) is 5.33. The number of piperidine rings is 2. The van der Waals surface area contributed by atoms with Crippen LogP contribution in [0.1, 0.15) is 39.0 Å². The number of nitrogens with zero attached hydrogens (tertiary/aromatic N) is 2. The third-order valence-electron chi connectivity index (χ3n) is 5.88. The maximum Gasteiger partial charge on any atom is 0.252 e. The Bertz CT molecular complexity index is 692. The van der Waals surface area contributed by atoms with E-state index in [1.807, 2.05) is 6.92 Å². The summed E-state index contributed by atoms with van der Waals surface area (Å²) in [5.41, 5.74) is 0. The maximum atomic E-state index is 12.6. The number of carbonyl (C=O) groups is 1. The molecule has 1 aromatic rings. The Morgan fingerprint density at radius 2 is 1.93 bits per heavy atom. The normalized spacial score (nSPS) is 21.8. The van der Waals surface area contributed by atoms with Gasteiger partial charge in [0.2, 0.25) is 5.91 Å². The molecule has 2 aliphatic heterocycles. The lowest BCUT2D eigenvalue weighted by atomic mass is 9.85. The molecule has 0 saturated carbocycles. The molecule has 1 N–H and O–H groups in total. The zero-order valence-electron chi connectivity index (χ0n) is 16.1. The molecule has 2 saturated heterocycles. The number of thiophene rings is 1. The molecule has 2 fully saturated rings. The van der Waals surface area contributed by atoms with Crippen LogP contribution in [0.15, 0.2) is 21.7 Å². The first-order valence-electron chi connectivity index (χ1n) is 10.0. The average Bonchev–Trinajstić information content (AvgIpc) is 3.24. The number of likely N-dealkylation sites (tertiary alicyclic amines) is 1. The Morgan fingerprint density at radius 1 is 1.22 bits per heavy atom. The van der Waals surface area contributed by atoms with Gasteiger partial charge in [0.05, 0.1) is 0 Å². The van der Waals surface area contributed by atoms with E-state index in [0.29, 0.717) is 23.8 Å². The van der Waals surface area contributed by atoms with Crippen molar-refractivity contribution in [1.29, 1.82) is 0 Å². The van der Waals surface area contributed by atoms with Gasteiger partial charge >= 0.3 is 0 Å². The van der Waals surface area contributed by atoms with Gasteiger partial charge in [0.15, 0.2) is 0 Å². The van der Waals surface area contributed by atoms with Crippen molar-refractivity contribution in [2.75, 3.05) is 39.3 Å². The SMILES string of the molecule is C[C@@H](C(=O)NCCN1CCCCC1)C1CCN(S(=O)(=O)c2cccs2)CC1. The summed E-state index contributed by atoms with van der Waals surface area (Å²) in [6.45, 7) is 6.88. The maximum absolute atomic E-state index is 12.6. The van der Waals surface area contributed by atoms with Crippen molar-refractivity contribution in [3.8, 4) is 0 Å². The largest absolute Gasteiger partial charge is 0.355 e. The topological polar surface area (TPSA) is 69.7 Å². The number of nitrogens with one attached hydrogen (secondary N) is 1. The molecule has 1 amide bonds. The molecular formula is C19H31N3O3S2. The predicted molar refractivity (Wildman–Crippen MR) is 108 cm³/mol. The lowest BCUT2D eigenvalue weighted by Gasteiger charge is -2.33. The molecule has 0 aromatic carbocycles. The number of hydrogen-bond donors (Lipinski definition) is 1. The zero-order valence-corrected chi connectivity index (χ0v) is 17.7. The van der Waals surface area contributed by atoms with Gasteiger partial charge in [0, 0.05) is 32.1 Å². The van der Waals surface area contributed by atoms with Gasteiger partial charge in [-0.05, 0) is 56.1 Å². The van der Waals surface area contributed by atoms with Crippen LogP contribution in [0.5, 0.6) is 0 Å². The molecule has 27 heavy (non-hydrogen) atoms. The Hall–Kier alpha value is -0.960. The standard InChI is InChI=1S/C19H31N3O3S2/c1-16(19(23)20-9-14-21-10-3-2-4-11-21)17-7-12-22(13-8-17)27(24,25)18-6-5-15-26-18/h5-6,15-17H,2-4,7-14H2,1H3,(H,20,23)/t16-/m1/s1. The lowest BCUT2D eigenvalue weighted by Crippen LogP contribution is -2.44. The number of rotatable bonds is 7. The third-order valence-corrected chi connectivity index (χ3v) is 9.16. The molecule has 0 aliphatic carbocycles. The molecule has 1 atom stereocenters. The Balaban J connectivity index is 1.42. The minimum atomic E-state index is -3.37. The smallest absolute Gasteiger partial charge is 0.252 e. The van der Waals surface area contributed by atoms with Crippen molar-refractivity contribution in [3.63, 3.8) is 0 Å². The summed E-state index contributed by atoms with van der Waals surface area (Å²) in [4.78, 5) is 14.9. The zero-order chi connectivity index (χ0) is 19.3. The highest BCUT2D eigenvalue weighted by atomic mass is 32.2. The van der Waals surface area contributed by atoms with E-state index in [0.717, 1.165) is 32.5 Å². The Kier molecular flexibility index (Phi) is 7.30. The predicted octanol–water partition coefficient (Wildman–Crippen LogP) is 2.39. The van der Waals surface area contributed by atoms with Crippen LogP contribution in [0.4, 0.5) is 0 Å². The molecule has 1 aromatic heterocycles. The summed E-state index contributed by atoms with van der Waals surface area (Å²) in [6, 6.07) is 3.42. The van der Waals surface area contributed by atoms with Crippen molar-refractivity contribution in [1.82, 2.24) is 14.5 Å². The van der Waals surface area contributed by atoms with Gasteiger partial charge in [-0.25, -0.2) is 8.42 Å². The van der Waals surface area contributed by atoms with Crippen LogP contribution in [-0.2, 0) is 14.8 Å². The average molecular weight is 414 g/mol. The van der Waals surface area contributed by atoms with E-state index >= 15 is 0 Å². The first-order chi connectivity index (χ1) is 13.0. The molecular weight excluding hydrogens is 382 g/mol. The van der Waals surface area contributed by atoms with Crippen LogP contribution in [0, 0.1) is 11.8 Å². The van der Waals surface area contributed by atoms with Crippen LogP contribution < -0.4 is 5.32 Å². The molecule has 0 spiro atoms. The van der Waals surface area contributed by atoms with Gasteiger partial charge in [-0.3, -0.25) is 4.79 Å². The number of amides is 1. The monoisotopic (exact) mass is 413 g/mol. The first-order valence-corrected chi connectivity index (χ1v) is 12.3. The van der Waals surface area contributed by atoms with E-state index < -0.39 is 10.0 Å². The minimum Gasteiger partial charge on any atom is -0.355 e. The van der Waals surface area contributed by atoms with Gasteiger partial charge < -0.3 is 10.2 Å². The Labute approximate surface area is 167 Å². The van der Waals surface area contributed by atoms with Crippen molar-refractivity contribution in [3.05, 3.63) is 17.5 Å². The molecule has 3 heterocycles. The fourth-order valence-corrected chi connectivity index (χ4v) is 6.66. The van der Waals surface area contributed by atoms with Gasteiger partial charge in [0.25, 0.3) is 10.0 Å². The van der Waals surface area contributed by atoms with E-state index in [9.17, 15) is 13.2 Å². The highest BCUT2D eigenvalue weighted by Gasteiger charge is 2.33. The number of sulfonamides is 1. The minimum absolute atomic E-state index is 0.0713. The van der Waals surface area contributed by atoms with Crippen LogP contribution in [-0.4, -0.2) is 62.8 Å². The van der Waals surface area contributed by atoms with Crippen LogP contribution in [0.25, 0.3) is 0 Å². The summed E-state index contributed by atoms with van der Waals surface area (Å²) in [7, 11) is -3.37. The number of carbonyl (C=O) groups excluding carboxylic acids is 1. The fourth-order valence-electron chi connectivity index (χ4n) is 4.05. The second-order valence-electron chi connectivity index (χ2n) is 7.66. The molecule has 8 heteroatoms. The molecule has 2 aliphatic rings. The summed E-state index contributed by atoms with van der Waals surface area (Å²) in [5.74, 6) is 0.277. The van der Waals surface area contributed by atoms with Gasteiger partial charge in [0.1, 0.15) is 4.21 Å². The third kappa shape index (κ3) is 5.31. The van der Waals surface area contributed by atoms with E-state index in [2.05, 4.69) is 10.2 Å². The summed E-state index contributed by atoms with van der Waals surface area (Å²) < 4.78 is 27.2. The van der Waals surface area contributed by atoms with Gasteiger partial charge in [-0.1, -0.05) is 19.4 Å². The second kappa shape index (κ2) is 9.49. The van der Waals surface area contributed by atoms with Crippen LogP contribution in [0.2, 0.25) is 0 Å². The molecule has 3 rings (SSSR count). The highest BCUT2D eigenvalue weighted by molar-refractivity contribution is 7.91. The van der Waals surface area contributed by atoms with E-state index in [4.69, 9.17) is 0 Å². The van der Waals surface area contributed by atoms with Crippen LogP contribution in [0.3, 0.4) is 0 Å². The summed E-state index contributed by atoms with van der Waals surface area (Å²) in [5, 5.41) is 4.87. The fraction of sp³-hybridized carbons (Fsp3) is 0.737. The number of hydrogen-bond acceptors (Lipinski definition) is 5. The highest BCUT2D eigenvalue weighted by Crippen LogP contribution is 2.29. The molecule has 0 unspecified atom stereocenters. The second-order valence-corrected chi connectivity index (χ2v) is 10.8. The summed E-state index contributed by atoms with van der Waals surface area (Å²) >= 11 is 1.26. The van der Waals surface area contributed by atoms with Crippen molar-refractivity contribution in [2.24, 2.45) is 11.8 Å². The van der Waals surface area contributed by atoms with E-state index in [-0.39, 0.29) is 17.7 Å². The van der Waals surface area contributed by atoms with E-state index in [1.54, 1.807) is 21.8 Å². The van der Waals surface area contributed by atoms with Gasteiger partial charge in [-0.15, -0.1) is 11.3 Å². The van der Waals surface area contributed by atoms with Crippen molar-refractivity contribution in [2.45, 2.75) is 43.2 Å². The Morgan fingerprint density at radius 3 is 2.56 bits per heavy atom. The molecule has 6 nitrogen and oxygen atoms in total. The molecule has 0 bridgehead atoms. The molecule has 0 radical (unpaired) electrons. The molecule has 152 valence electrons. The lowest BCUT2D eigenvalue weighted by molar-refractivity contribution is -0.126. The van der Waals surface area contributed by atoms with Crippen molar-refractivity contribution >= 4 is 27.3 Å².